The molecule has 0 amide bonds. The van der Waals surface area contributed by atoms with Gasteiger partial charge in [-0.25, -0.2) is 8.42 Å². The summed E-state index contributed by atoms with van der Waals surface area (Å²) >= 11 is 0. The van der Waals surface area contributed by atoms with E-state index in [1.54, 1.807) is 0 Å². The maximum atomic E-state index is 12.5. The summed E-state index contributed by atoms with van der Waals surface area (Å²) in [6, 6.07) is 9.54. The van der Waals surface area contributed by atoms with E-state index in [0.717, 1.165) is 34.6 Å². The van der Waals surface area contributed by atoms with Gasteiger partial charge in [-0.15, -0.1) is 0 Å². The lowest BCUT2D eigenvalue weighted by atomic mass is 10.3. The molecule has 0 spiro atoms. The van der Waals surface area contributed by atoms with Crippen molar-refractivity contribution in [1.29, 1.82) is 0 Å². The fourth-order valence-electron chi connectivity index (χ4n) is 1.84. The number of hydrogen-bond donors (Lipinski definition) is 0. The molecular formula is C13H11N3O6S. The molecule has 0 atom stereocenters. The van der Waals surface area contributed by atoms with Crippen LogP contribution >= 0.6 is 0 Å². The molecule has 0 radical (unpaired) electrons. The summed E-state index contributed by atoms with van der Waals surface area (Å²) < 4.78 is 25.8. The molecule has 0 aliphatic carbocycles. The van der Waals surface area contributed by atoms with Gasteiger partial charge in [-0.05, 0) is 18.2 Å². The van der Waals surface area contributed by atoms with Crippen LogP contribution in [0.4, 0.5) is 17.1 Å². The Morgan fingerprint density at radius 1 is 0.913 bits per heavy atom. The minimum atomic E-state index is -3.99. The van der Waals surface area contributed by atoms with Crippen LogP contribution in [-0.4, -0.2) is 25.3 Å². The van der Waals surface area contributed by atoms with Gasteiger partial charge in [-0.2, -0.15) is 0 Å². The number of rotatable bonds is 5. The quantitative estimate of drug-likeness (QED) is 0.609. The molecule has 0 saturated heterocycles. The van der Waals surface area contributed by atoms with Gasteiger partial charge in [0.05, 0.1) is 20.4 Å². The van der Waals surface area contributed by atoms with Gasteiger partial charge in [0.1, 0.15) is 0 Å². The second kappa shape index (κ2) is 6.01. The largest absolute Gasteiger partial charge is 0.271 e. The zero-order valence-electron chi connectivity index (χ0n) is 11.8. The maximum absolute atomic E-state index is 12.5. The Labute approximate surface area is 131 Å². The Morgan fingerprint density at radius 3 is 2.00 bits per heavy atom. The van der Waals surface area contributed by atoms with Crippen molar-refractivity contribution >= 4 is 27.1 Å². The van der Waals surface area contributed by atoms with Crippen LogP contribution in [0.1, 0.15) is 0 Å². The highest BCUT2D eigenvalue weighted by Crippen LogP contribution is 2.26. The van der Waals surface area contributed by atoms with Crippen LogP contribution in [0.15, 0.2) is 53.4 Å². The fraction of sp³-hybridized carbons (Fsp3) is 0.0769. The van der Waals surface area contributed by atoms with Gasteiger partial charge in [-0.3, -0.25) is 24.5 Å². The molecule has 2 aromatic carbocycles. The van der Waals surface area contributed by atoms with Gasteiger partial charge in [0, 0.05) is 31.3 Å². The van der Waals surface area contributed by atoms with E-state index >= 15 is 0 Å². The number of nitrogens with zero attached hydrogens (tertiary/aromatic N) is 3. The summed E-state index contributed by atoms with van der Waals surface area (Å²) in [7, 11) is -2.74. The van der Waals surface area contributed by atoms with Gasteiger partial charge in [0.25, 0.3) is 21.4 Å². The van der Waals surface area contributed by atoms with Crippen molar-refractivity contribution < 1.29 is 18.3 Å². The van der Waals surface area contributed by atoms with Crippen molar-refractivity contribution in [2.75, 3.05) is 11.4 Å². The summed E-state index contributed by atoms with van der Waals surface area (Å²) in [6.07, 6.45) is 0. The zero-order chi connectivity index (χ0) is 17.2. The number of nitro benzene ring substituents is 2. The molecule has 2 rings (SSSR count). The molecule has 0 bridgehead atoms. The Bertz CT molecular complexity index is 864. The molecule has 0 N–H and O–H groups in total. The lowest BCUT2D eigenvalue weighted by molar-refractivity contribution is -0.385. The van der Waals surface area contributed by atoms with Crippen molar-refractivity contribution in [2.24, 2.45) is 0 Å². The third kappa shape index (κ3) is 3.26. The van der Waals surface area contributed by atoms with Crippen molar-refractivity contribution in [2.45, 2.75) is 4.90 Å². The number of anilines is 1. The molecule has 10 heteroatoms. The highest BCUT2D eigenvalue weighted by molar-refractivity contribution is 7.92. The van der Waals surface area contributed by atoms with Crippen molar-refractivity contribution in [3.8, 4) is 0 Å². The minimum absolute atomic E-state index is 0.109. The first-order valence-electron chi connectivity index (χ1n) is 6.21. The predicted molar refractivity (Wildman–Crippen MR) is 81.8 cm³/mol. The van der Waals surface area contributed by atoms with Crippen LogP contribution in [0.3, 0.4) is 0 Å². The van der Waals surface area contributed by atoms with Crippen LogP contribution in [0, 0.1) is 20.2 Å². The van der Waals surface area contributed by atoms with E-state index in [1.165, 1.54) is 25.2 Å². The SMILES string of the molecule is CN(c1cccc([N+](=O)[O-])c1)S(=O)(=O)c1ccc([N+](=O)[O-])cc1. The van der Waals surface area contributed by atoms with E-state index < -0.39 is 19.9 Å². The monoisotopic (exact) mass is 337 g/mol. The third-order valence-corrected chi connectivity index (χ3v) is 4.91. The maximum Gasteiger partial charge on any atom is 0.271 e. The van der Waals surface area contributed by atoms with Gasteiger partial charge in [0.2, 0.25) is 0 Å². The topological polar surface area (TPSA) is 124 Å². The Morgan fingerprint density at radius 2 is 1.48 bits per heavy atom. The molecule has 0 heterocycles. The van der Waals surface area contributed by atoms with E-state index in [2.05, 4.69) is 0 Å². The molecule has 0 saturated carbocycles. The molecule has 0 unspecified atom stereocenters. The number of hydrogen-bond acceptors (Lipinski definition) is 6. The normalized spacial score (nSPS) is 11.0. The summed E-state index contributed by atoms with van der Waals surface area (Å²) in [5.74, 6) is 0. The van der Waals surface area contributed by atoms with E-state index in [0.29, 0.717) is 0 Å². The molecule has 0 aromatic heterocycles. The van der Waals surface area contributed by atoms with Crippen molar-refractivity contribution in [1.82, 2.24) is 0 Å². The Kier molecular flexibility index (Phi) is 4.27. The number of nitro groups is 2. The summed E-state index contributed by atoms with van der Waals surface area (Å²) in [6.45, 7) is 0. The first-order chi connectivity index (χ1) is 10.7. The third-order valence-electron chi connectivity index (χ3n) is 3.11. The number of sulfonamides is 1. The number of benzene rings is 2. The average molecular weight is 337 g/mol. The van der Waals surface area contributed by atoms with Crippen LogP contribution < -0.4 is 4.31 Å². The second-order valence-corrected chi connectivity index (χ2v) is 6.47. The summed E-state index contributed by atoms with van der Waals surface area (Å²) in [4.78, 5) is 19.9. The molecule has 0 aliphatic heterocycles. The lowest BCUT2D eigenvalue weighted by Gasteiger charge is -2.19. The second-order valence-electron chi connectivity index (χ2n) is 4.50. The van der Waals surface area contributed by atoms with Crippen LogP contribution in [0.25, 0.3) is 0 Å². The smallest absolute Gasteiger partial charge is 0.269 e. The van der Waals surface area contributed by atoms with Gasteiger partial charge < -0.3 is 0 Å². The minimum Gasteiger partial charge on any atom is -0.269 e. The molecular weight excluding hydrogens is 326 g/mol. The van der Waals surface area contributed by atoms with Gasteiger partial charge in [-0.1, -0.05) is 6.07 Å². The molecule has 9 nitrogen and oxygen atoms in total. The Balaban J connectivity index is 2.40. The number of non-ortho nitro benzene ring substituents is 2. The van der Waals surface area contributed by atoms with Gasteiger partial charge in [0.15, 0.2) is 0 Å². The predicted octanol–water partition coefficient (Wildman–Crippen LogP) is 2.33. The standard InChI is InChI=1S/C13H11N3O6S/c1-14(11-3-2-4-12(9-11)16(19)20)23(21,22)13-7-5-10(6-8-13)15(17)18/h2-9H,1H3. The van der Waals surface area contributed by atoms with Gasteiger partial charge >= 0.3 is 0 Å². The van der Waals surface area contributed by atoms with Crippen LogP contribution in [0.5, 0.6) is 0 Å². The lowest BCUT2D eigenvalue weighted by Crippen LogP contribution is -2.26. The average Bonchev–Trinajstić information content (AvgIpc) is 2.54. The first-order valence-corrected chi connectivity index (χ1v) is 7.65. The highest BCUT2D eigenvalue weighted by atomic mass is 32.2. The van der Waals surface area contributed by atoms with Crippen LogP contribution in [-0.2, 0) is 10.0 Å². The molecule has 2 aromatic rings. The fourth-order valence-corrected chi connectivity index (χ4v) is 3.03. The molecule has 0 aliphatic rings. The van der Waals surface area contributed by atoms with Crippen LogP contribution in [0.2, 0.25) is 0 Å². The van der Waals surface area contributed by atoms with E-state index in [1.807, 2.05) is 0 Å². The van der Waals surface area contributed by atoms with Crippen molar-refractivity contribution in [3.05, 3.63) is 68.8 Å². The van der Waals surface area contributed by atoms with E-state index in [-0.39, 0.29) is 22.0 Å². The molecule has 23 heavy (non-hydrogen) atoms. The first kappa shape index (κ1) is 16.4. The van der Waals surface area contributed by atoms with Crippen molar-refractivity contribution in [3.63, 3.8) is 0 Å². The Hall–Kier alpha value is -3.01. The molecule has 0 fully saturated rings. The summed E-state index contributed by atoms with van der Waals surface area (Å²) in [5.41, 5.74) is -0.368. The molecule has 120 valence electrons. The zero-order valence-corrected chi connectivity index (χ0v) is 12.6. The van der Waals surface area contributed by atoms with E-state index in [4.69, 9.17) is 0 Å². The highest BCUT2D eigenvalue weighted by Gasteiger charge is 2.23. The summed E-state index contributed by atoms with van der Waals surface area (Å²) in [5, 5.41) is 21.4. The van der Waals surface area contributed by atoms with E-state index in [9.17, 15) is 28.6 Å².